The van der Waals surface area contributed by atoms with Crippen molar-refractivity contribution >= 4 is 5.97 Å². The fourth-order valence-corrected chi connectivity index (χ4v) is 2.96. The maximum atomic E-state index is 11.7. The molecule has 4 nitrogen and oxygen atoms in total. The van der Waals surface area contributed by atoms with Crippen molar-refractivity contribution in [1.82, 2.24) is 10.2 Å². The maximum Gasteiger partial charge on any atom is 0.323 e. The lowest BCUT2D eigenvalue weighted by Crippen LogP contribution is -2.42. The Bertz CT molecular complexity index is 253. The summed E-state index contributed by atoms with van der Waals surface area (Å²) in [6, 6.07) is 0.552. The van der Waals surface area contributed by atoms with E-state index in [4.69, 9.17) is 4.74 Å². The molecule has 112 valence electrons. The number of rotatable bonds is 8. The van der Waals surface area contributed by atoms with Crippen molar-refractivity contribution in [1.29, 1.82) is 0 Å². The van der Waals surface area contributed by atoms with Gasteiger partial charge in [-0.1, -0.05) is 26.2 Å². The third-order valence-electron chi connectivity index (χ3n) is 4.12. The second-order valence-corrected chi connectivity index (χ2v) is 5.30. The molecule has 1 aliphatic rings. The van der Waals surface area contributed by atoms with Crippen LogP contribution in [0.4, 0.5) is 0 Å². The van der Waals surface area contributed by atoms with E-state index >= 15 is 0 Å². The van der Waals surface area contributed by atoms with Gasteiger partial charge >= 0.3 is 5.97 Å². The van der Waals surface area contributed by atoms with E-state index in [1.54, 1.807) is 0 Å². The van der Waals surface area contributed by atoms with Crippen molar-refractivity contribution in [2.24, 2.45) is 0 Å². The van der Waals surface area contributed by atoms with Gasteiger partial charge in [-0.05, 0) is 39.8 Å². The Hall–Kier alpha value is -0.610. The fourth-order valence-electron chi connectivity index (χ4n) is 2.96. The molecule has 0 amide bonds. The molecule has 0 aromatic rings. The predicted octanol–water partition coefficient (Wildman–Crippen LogP) is 2.18. The number of hydrogen-bond donors (Lipinski definition) is 1. The molecule has 19 heavy (non-hydrogen) atoms. The molecule has 1 N–H and O–H groups in total. The zero-order chi connectivity index (χ0) is 14.1. The van der Waals surface area contributed by atoms with Gasteiger partial charge in [0.2, 0.25) is 0 Å². The van der Waals surface area contributed by atoms with Crippen LogP contribution in [0.15, 0.2) is 0 Å². The zero-order valence-corrected chi connectivity index (χ0v) is 12.8. The summed E-state index contributed by atoms with van der Waals surface area (Å²) in [6.45, 7) is 6.57. The minimum Gasteiger partial charge on any atom is -0.465 e. The van der Waals surface area contributed by atoms with Crippen molar-refractivity contribution < 1.29 is 9.53 Å². The van der Waals surface area contributed by atoms with Crippen molar-refractivity contribution in [3.8, 4) is 0 Å². The maximum absolute atomic E-state index is 11.7. The Kier molecular flexibility index (Phi) is 8.07. The first-order valence-corrected chi connectivity index (χ1v) is 7.80. The Balaban J connectivity index is 2.39. The Labute approximate surface area is 117 Å². The van der Waals surface area contributed by atoms with Crippen LogP contribution in [0.25, 0.3) is 0 Å². The smallest absolute Gasteiger partial charge is 0.323 e. The van der Waals surface area contributed by atoms with Gasteiger partial charge in [-0.25, -0.2) is 0 Å². The predicted molar refractivity (Wildman–Crippen MR) is 78.2 cm³/mol. The summed E-state index contributed by atoms with van der Waals surface area (Å²) in [5, 5.41) is 3.07. The Morgan fingerprint density at radius 3 is 2.53 bits per heavy atom. The first kappa shape index (κ1) is 16.4. The van der Waals surface area contributed by atoms with E-state index in [9.17, 15) is 4.79 Å². The van der Waals surface area contributed by atoms with Crippen molar-refractivity contribution in [3.63, 3.8) is 0 Å². The summed E-state index contributed by atoms with van der Waals surface area (Å²) in [4.78, 5) is 14.3. The largest absolute Gasteiger partial charge is 0.465 e. The highest BCUT2D eigenvalue weighted by Crippen LogP contribution is 2.22. The summed E-state index contributed by atoms with van der Waals surface area (Å²) in [5.41, 5.74) is 0. The van der Waals surface area contributed by atoms with Gasteiger partial charge in [-0.3, -0.25) is 4.79 Å². The van der Waals surface area contributed by atoms with Crippen LogP contribution in [0.2, 0.25) is 0 Å². The first-order valence-electron chi connectivity index (χ1n) is 7.80. The number of esters is 1. The normalized spacial score (nSPS) is 18.5. The third kappa shape index (κ3) is 5.49. The quantitative estimate of drug-likeness (QED) is 0.686. The molecule has 1 fully saturated rings. The highest BCUT2D eigenvalue weighted by Gasteiger charge is 2.23. The lowest BCUT2D eigenvalue weighted by molar-refractivity contribution is -0.145. The molecule has 0 radical (unpaired) electrons. The van der Waals surface area contributed by atoms with Crippen LogP contribution < -0.4 is 5.32 Å². The summed E-state index contributed by atoms with van der Waals surface area (Å²) < 4.78 is 5.09. The molecule has 1 atom stereocenters. The first-order chi connectivity index (χ1) is 9.22. The number of nitrogens with one attached hydrogen (secondary N) is 1. The molecule has 4 heteroatoms. The van der Waals surface area contributed by atoms with Gasteiger partial charge in [-0.2, -0.15) is 0 Å². The van der Waals surface area contributed by atoms with E-state index in [1.165, 1.54) is 32.1 Å². The van der Waals surface area contributed by atoms with Crippen LogP contribution in [-0.2, 0) is 9.53 Å². The highest BCUT2D eigenvalue weighted by molar-refractivity contribution is 5.75. The molecule has 1 rings (SSSR count). The van der Waals surface area contributed by atoms with E-state index in [1.807, 2.05) is 14.0 Å². The lowest BCUT2D eigenvalue weighted by atomic mass is 9.94. The van der Waals surface area contributed by atoms with Crippen LogP contribution in [0, 0.1) is 0 Å². The topological polar surface area (TPSA) is 41.6 Å². The van der Waals surface area contributed by atoms with Gasteiger partial charge < -0.3 is 15.0 Å². The molecule has 0 bridgehead atoms. The number of nitrogens with zero attached hydrogens (tertiary/aromatic N) is 1. The Morgan fingerprint density at radius 2 is 2.00 bits per heavy atom. The fraction of sp³-hybridized carbons (Fsp3) is 0.933. The molecule has 0 saturated heterocycles. The third-order valence-corrected chi connectivity index (χ3v) is 4.12. The standard InChI is InChI=1S/C15H30N2O2/c1-4-17(13-9-7-6-8-10-13)12-11-14(16-3)15(18)19-5-2/h13-14,16H,4-12H2,1-3H3. The summed E-state index contributed by atoms with van der Waals surface area (Å²) in [6.07, 6.45) is 7.56. The molecule has 1 saturated carbocycles. The van der Waals surface area contributed by atoms with E-state index in [0.717, 1.165) is 25.6 Å². The van der Waals surface area contributed by atoms with Crippen molar-refractivity contribution in [2.45, 2.75) is 64.5 Å². The van der Waals surface area contributed by atoms with Gasteiger partial charge in [0, 0.05) is 12.6 Å². The molecule has 0 spiro atoms. The number of ether oxygens (including phenoxy) is 1. The van der Waals surface area contributed by atoms with Crippen LogP contribution in [0.3, 0.4) is 0 Å². The number of carbonyl (C=O) groups is 1. The second-order valence-electron chi connectivity index (χ2n) is 5.30. The van der Waals surface area contributed by atoms with Gasteiger partial charge in [0.05, 0.1) is 6.61 Å². The van der Waals surface area contributed by atoms with E-state index in [2.05, 4.69) is 17.1 Å². The van der Waals surface area contributed by atoms with Crippen LogP contribution in [-0.4, -0.2) is 49.7 Å². The van der Waals surface area contributed by atoms with Crippen LogP contribution >= 0.6 is 0 Å². The average molecular weight is 270 g/mol. The number of likely N-dealkylation sites (N-methyl/N-ethyl adjacent to an activating group) is 1. The molecule has 0 aromatic heterocycles. The molecule has 0 aromatic carbocycles. The molecule has 0 heterocycles. The Morgan fingerprint density at radius 1 is 1.32 bits per heavy atom. The van der Waals surface area contributed by atoms with Gasteiger partial charge in [0.25, 0.3) is 0 Å². The minimum atomic E-state index is -0.169. The van der Waals surface area contributed by atoms with Crippen LogP contribution in [0.1, 0.15) is 52.4 Å². The minimum absolute atomic E-state index is 0.121. The van der Waals surface area contributed by atoms with Crippen LogP contribution in [0.5, 0.6) is 0 Å². The molecule has 0 aliphatic heterocycles. The zero-order valence-electron chi connectivity index (χ0n) is 12.8. The van der Waals surface area contributed by atoms with Crippen molar-refractivity contribution in [2.75, 3.05) is 26.7 Å². The summed E-state index contributed by atoms with van der Waals surface area (Å²) in [7, 11) is 1.83. The monoisotopic (exact) mass is 270 g/mol. The SMILES string of the molecule is CCOC(=O)C(CCN(CC)C1CCCCC1)NC. The molecule has 1 unspecified atom stereocenters. The average Bonchev–Trinajstić information content (AvgIpc) is 2.45. The van der Waals surface area contributed by atoms with E-state index < -0.39 is 0 Å². The van der Waals surface area contributed by atoms with Gasteiger partial charge in [-0.15, -0.1) is 0 Å². The second kappa shape index (κ2) is 9.32. The molecule has 1 aliphatic carbocycles. The van der Waals surface area contributed by atoms with Gasteiger partial charge in [0.1, 0.15) is 6.04 Å². The summed E-state index contributed by atoms with van der Waals surface area (Å²) in [5.74, 6) is -0.121. The molecular weight excluding hydrogens is 240 g/mol. The molecular formula is C15H30N2O2. The van der Waals surface area contributed by atoms with Crippen molar-refractivity contribution in [3.05, 3.63) is 0 Å². The number of hydrogen-bond acceptors (Lipinski definition) is 4. The van der Waals surface area contributed by atoms with E-state index in [-0.39, 0.29) is 12.0 Å². The van der Waals surface area contributed by atoms with Gasteiger partial charge in [0.15, 0.2) is 0 Å². The summed E-state index contributed by atoms with van der Waals surface area (Å²) >= 11 is 0. The number of carbonyl (C=O) groups excluding carboxylic acids is 1. The lowest BCUT2D eigenvalue weighted by Gasteiger charge is -2.34. The highest BCUT2D eigenvalue weighted by atomic mass is 16.5. The van der Waals surface area contributed by atoms with E-state index in [0.29, 0.717) is 6.61 Å².